The van der Waals surface area contributed by atoms with Gasteiger partial charge >= 0.3 is 0 Å². The Morgan fingerprint density at radius 2 is 1.97 bits per heavy atom. The quantitative estimate of drug-likeness (QED) is 0.586. The van der Waals surface area contributed by atoms with Crippen LogP contribution >= 0.6 is 11.3 Å². The van der Waals surface area contributed by atoms with E-state index in [2.05, 4.69) is 9.82 Å². The molecule has 1 amide bonds. The minimum atomic E-state index is -3.37. The van der Waals surface area contributed by atoms with E-state index in [0.29, 0.717) is 28.3 Å². The number of amides is 1. The van der Waals surface area contributed by atoms with E-state index in [4.69, 9.17) is 0 Å². The number of halogens is 1. The van der Waals surface area contributed by atoms with E-state index in [0.717, 1.165) is 5.56 Å². The van der Waals surface area contributed by atoms with Crippen molar-refractivity contribution in [3.63, 3.8) is 0 Å². The summed E-state index contributed by atoms with van der Waals surface area (Å²) >= 11 is 1.32. The van der Waals surface area contributed by atoms with E-state index in [1.165, 1.54) is 28.5 Å². The smallest absolute Gasteiger partial charge is 0.284 e. The molecule has 0 aliphatic carbocycles. The molecule has 31 heavy (non-hydrogen) atoms. The molecule has 160 valence electrons. The Hall–Kier alpha value is -3.04. The highest BCUT2D eigenvalue weighted by molar-refractivity contribution is 7.92. The molecule has 0 saturated heterocycles. The minimum Gasteiger partial charge on any atom is -0.284 e. The summed E-state index contributed by atoms with van der Waals surface area (Å²) in [5.74, 6) is -0.634. The first kappa shape index (κ1) is 21.2. The van der Waals surface area contributed by atoms with Gasteiger partial charge in [-0.25, -0.2) is 17.8 Å². The summed E-state index contributed by atoms with van der Waals surface area (Å²) in [6.07, 6.45) is 0.417. The highest BCUT2D eigenvalue weighted by Gasteiger charge is 2.34. The summed E-state index contributed by atoms with van der Waals surface area (Å²) in [7, 11) is -3.37. The van der Waals surface area contributed by atoms with Crippen molar-refractivity contribution in [2.24, 2.45) is 5.10 Å². The molecule has 0 bridgehead atoms. The van der Waals surface area contributed by atoms with Gasteiger partial charge in [0.1, 0.15) is 5.82 Å². The Morgan fingerprint density at radius 3 is 2.61 bits per heavy atom. The van der Waals surface area contributed by atoms with E-state index < -0.39 is 16.1 Å². The normalized spacial score (nSPS) is 16.3. The monoisotopic (exact) mass is 457 g/mol. The Morgan fingerprint density at radius 1 is 1.19 bits per heavy atom. The second-order valence-corrected chi connectivity index (χ2v) is 9.99. The maximum Gasteiger partial charge on any atom is 0.284 e. The largest absolute Gasteiger partial charge is 0.284 e. The minimum absolute atomic E-state index is 0.0173. The maximum absolute atomic E-state index is 13.9. The molecule has 6 nitrogen and oxygen atoms in total. The van der Waals surface area contributed by atoms with Gasteiger partial charge in [-0.15, -0.1) is 11.3 Å². The predicted octanol–water partition coefficient (Wildman–Crippen LogP) is 4.64. The van der Waals surface area contributed by atoms with Crippen molar-refractivity contribution in [2.45, 2.75) is 19.4 Å². The molecule has 1 aliphatic rings. The lowest BCUT2D eigenvalue weighted by atomic mass is 9.98. The van der Waals surface area contributed by atoms with E-state index in [-0.39, 0.29) is 17.5 Å². The fraction of sp³-hybridized carbons (Fsp3) is 0.182. The first-order valence-electron chi connectivity index (χ1n) is 9.67. The third-order valence-electron chi connectivity index (χ3n) is 4.96. The number of carbonyl (C=O) groups excluding carboxylic acids is 1. The molecule has 1 atom stereocenters. The SMILES string of the molecule is CCS(=O)(=O)Nc1ccc(C2=NN(C(=O)c3cccs3)[C@H](c3cccc(F)c3)C2)cc1. The number of benzene rings is 2. The highest BCUT2D eigenvalue weighted by atomic mass is 32.2. The summed E-state index contributed by atoms with van der Waals surface area (Å²) in [4.78, 5) is 13.6. The van der Waals surface area contributed by atoms with E-state index in [1.54, 1.807) is 55.5 Å². The number of thiophene rings is 1. The Bertz CT molecular complexity index is 1220. The van der Waals surface area contributed by atoms with Crippen LogP contribution in [0, 0.1) is 5.82 Å². The molecule has 2 heterocycles. The molecule has 3 aromatic rings. The summed E-state index contributed by atoms with van der Waals surface area (Å²) in [5.41, 5.74) is 2.56. The zero-order chi connectivity index (χ0) is 22.0. The fourth-order valence-corrected chi connectivity index (χ4v) is 4.64. The zero-order valence-corrected chi connectivity index (χ0v) is 18.3. The third kappa shape index (κ3) is 4.67. The Balaban J connectivity index is 1.65. The van der Waals surface area contributed by atoms with Crippen LogP contribution in [0.25, 0.3) is 0 Å². The number of hydrogen-bond acceptors (Lipinski definition) is 5. The van der Waals surface area contributed by atoms with Gasteiger partial charge in [-0.3, -0.25) is 9.52 Å². The average Bonchev–Trinajstić information content (AvgIpc) is 3.44. The molecule has 1 N–H and O–H groups in total. The average molecular weight is 458 g/mol. The molecule has 0 saturated carbocycles. The molecule has 2 aromatic carbocycles. The van der Waals surface area contributed by atoms with Gasteiger partial charge in [0.2, 0.25) is 10.0 Å². The summed E-state index contributed by atoms with van der Waals surface area (Å²) in [6.45, 7) is 1.57. The molecule has 1 aliphatic heterocycles. The first-order chi connectivity index (χ1) is 14.9. The number of nitrogens with zero attached hydrogens (tertiary/aromatic N) is 2. The van der Waals surface area contributed by atoms with Crippen molar-refractivity contribution >= 4 is 38.7 Å². The second-order valence-electron chi connectivity index (χ2n) is 7.03. The predicted molar refractivity (Wildman–Crippen MR) is 120 cm³/mol. The molecule has 0 fully saturated rings. The number of sulfonamides is 1. The van der Waals surface area contributed by atoms with Crippen molar-refractivity contribution in [3.8, 4) is 0 Å². The van der Waals surface area contributed by atoms with Crippen molar-refractivity contribution in [1.29, 1.82) is 0 Å². The van der Waals surface area contributed by atoms with Gasteiger partial charge in [0, 0.05) is 12.1 Å². The van der Waals surface area contributed by atoms with Gasteiger partial charge in [0.25, 0.3) is 5.91 Å². The third-order valence-corrected chi connectivity index (χ3v) is 7.12. The summed E-state index contributed by atoms with van der Waals surface area (Å²) in [5, 5.41) is 7.80. The van der Waals surface area contributed by atoms with Crippen molar-refractivity contribution in [1.82, 2.24) is 5.01 Å². The number of hydrogen-bond donors (Lipinski definition) is 1. The standard InChI is InChI=1S/C22H20FN3O3S2/c1-2-31(28,29)25-18-10-8-15(9-11-18)19-14-20(16-5-3-6-17(23)13-16)26(24-19)22(27)21-7-4-12-30-21/h3-13,20,25H,2,14H2,1H3/t20-/m0/s1. The topological polar surface area (TPSA) is 78.8 Å². The Kier molecular flexibility index (Phi) is 5.88. The maximum atomic E-state index is 13.9. The van der Waals surface area contributed by atoms with Crippen LogP contribution < -0.4 is 4.72 Å². The highest BCUT2D eigenvalue weighted by Crippen LogP contribution is 2.35. The lowest BCUT2D eigenvalue weighted by Crippen LogP contribution is -2.26. The molecule has 1 aromatic heterocycles. The lowest BCUT2D eigenvalue weighted by molar-refractivity contribution is 0.0716. The summed E-state index contributed by atoms with van der Waals surface area (Å²) in [6, 6.07) is 16.1. The van der Waals surface area contributed by atoms with Crippen LogP contribution in [0.4, 0.5) is 10.1 Å². The molecule has 0 radical (unpaired) electrons. The van der Waals surface area contributed by atoms with E-state index in [1.807, 2.05) is 5.38 Å². The van der Waals surface area contributed by atoms with Gasteiger partial charge in [-0.1, -0.05) is 30.3 Å². The number of nitrogens with one attached hydrogen (secondary N) is 1. The van der Waals surface area contributed by atoms with Gasteiger partial charge in [-0.2, -0.15) is 5.10 Å². The molecular weight excluding hydrogens is 437 g/mol. The second kappa shape index (κ2) is 8.60. The van der Waals surface area contributed by atoms with Crippen LogP contribution in [0.1, 0.15) is 40.2 Å². The lowest BCUT2D eigenvalue weighted by Gasteiger charge is -2.21. The number of hydrazone groups is 1. The van der Waals surface area contributed by atoms with Crippen LogP contribution in [-0.4, -0.2) is 30.8 Å². The van der Waals surface area contributed by atoms with Crippen molar-refractivity contribution < 1.29 is 17.6 Å². The van der Waals surface area contributed by atoms with Gasteiger partial charge in [-0.05, 0) is 53.8 Å². The number of anilines is 1. The first-order valence-corrected chi connectivity index (χ1v) is 12.2. The number of carbonyl (C=O) groups is 1. The van der Waals surface area contributed by atoms with E-state index >= 15 is 0 Å². The fourth-order valence-electron chi connectivity index (χ4n) is 3.34. The van der Waals surface area contributed by atoms with E-state index in [9.17, 15) is 17.6 Å². The van der Waals surface area contributed by atoms with Crippen molar-refractivity contribution in [3.05, 3.63) is 87.9 Å². The van der Waals surface area contributed by atoms with Gasteiger partial charge in [0.05, 0.1) is 22.4 Å². The molecule has 4 rings (SSSR count). The Labute approximate surface area is 184 Å². The molecule has 0 spiro atoms. The van der Waals surface area contributed by atoms with Crippen molar-refractivity contribution in [2.75, 3.05) is 10.5 Å². The summed E-state index contributed by atoms with van der Waals surface area (Å²) < 4.78 is 39.9. The molecule has 9 heteroatoms. The van der Waals surface area contributed by atoms with Crippen LogP contribution in [0.2, 0.25) is 0 Å². The number of rotatable bonds is 6. The van der Waals surface area contributed by atoms with Gasteiger partial charge in [0.15, 0.2) is 0 Å². The zero-order valence-electron chi connectivity index (χ0n) is 16.7. The van der Waals surface area contributed by atoms with Crippen LogP contribution in [0.3, 0.4) is 0 Å². The van der Waals surface area contributed by atoms with Crippen LogP contribution in [0.5, 0.6) is 0 Å². The van der Waals surface area contributed by atoms with Crippen LogP contribution in [0.15, 0.2) is 71.1 Å². The van der Waals surface area contributed by atoms with Gasteiger partial charge < -0.3 is 0 Å². The van der Waals surface area contributed by atoms with Crippen LogP contribution in [-0.2, 0) is 10.0 Å². The molecule has 0 unspecified atom stereocenters. The molecular formula is C22H20FN3O3S2.